The molecule has 0 spiro atoms. The Kier molecular flexibility index (Phi) is 9.45. The van der Waals surface area contributed by atoms with E-state index in [0.29, 0.717) is 0 Å². The molecule has 2 aromatic rings. The third kappa shape index (κ3) is 6.69. The van der Waals surface area contributed by atoms with Crippen LogP contribution in [0.2, 0.25) is 0 Å². The molecule has 2 rings (SSSR count). The second-order valence-corrected chi connectivity index (χ2v) is 9.04. The molecule has 0 aliphatic heterocycles. The molecule has 8 nitrogen and oxygen atoms in total. The molecule has 0 saturated carbocycles. The minimum atomic E-state index is -4.58. The Morgan fingerprint density at radius 3 is 2.29 bits per heavy atom. The highest BCUT2D eigenvalue weighted by Crippen LogP contribution is 2.39. The third-order valence-electron chi connectivity index (χ3n) is 4.95. The predicted octanol–water partition coefficient (Wildman–Crippen LogP) is 3.20. The van der Waals surface area contributed by atoms with Crippen LogP contribution in [0.4, 0.5) is 18.9 Å². The molecular formula is C22H27F3N2O6S. The molecule has 0 fully saturated rings. The molecule has 0 heterocycles. The van der Waals surface area contributed by atoms with Crippen molar-refractivity contribution in [1.29, 1.82) is 0 Å². The third-order valence-corrected chi connectivity index (χ3v) is 6.51. The minimum absolute atomic E-state index is 0.0132. The lowest BCUT2D eigenvalue weighted by Crippen LogP contribution is -2.31. The summed E-state index contributed by atoms with van der Waals surface area (Å²) in [6.45, 7) is 2.01. The summed E-state index contributed by atoms with van der Waals surface area (Å²) < 4.78 is 72.9. The SMILES string of the molecule is CCNS(=O)(=O)c1cc(C(=O)O)cc(N(CCCO)CCOC)c1-c1ccc(C(F)(F)F)cc1. The van der Waals surface area contributed by atoms with E-state index in [1.165, 1.54) is 13.2 Å². The van der Waals surface area contributed by atoms with Crippen LogP contribution >= 0.6 is 0 Å². The van der Waals surface area contributed by atoms with Gasteiger partial charge in [-0.1, -0.05) is 19.1 Å². The van der Waals surface area contributed by atoms with E-state index >= 15 is 0 Å². The van der Waals surface area contributed by atoms with Crippen LogP contribution in [-0.2, 0) is 20.9 Å². The van der Waals surface area contributed by atoms with Crippen molar-refractivity contribution in [1.82, 2.24) is 4.72 Å². The van der Waals surface area contributed by atoms with Gasteiger partial charge in [0, 0.05) is 44.6 Å². The number of hydrogen-bond donors (Lipinski definition) is 3. The highest BCUT2D eigenvalue weighted by atomic mass is 32.2. The van der Waals surface area contributed by atoms with Gasteiger partial charge in [0.05, 0.1) is 22.6 Å². The summed E-state index contributed by atoms with van der Waals surface area (Å²) in [5, 5.41) is 18.9. The quantitative estimate of drug-likeness (QED) is 0.407. The number of aliphatic hydroxyl groups excluding tert-OH is 1. The number of nitrogens with zero attached hydrogens (tertiary/aromatic N) is 1. The maximum atomic E-state index is 13.1. The Morgan fingerprint density at radius 2 is 1.79 bits per heavy atom. The fraction of sp³-hybridized carbons (Fsp3) is 0.409. The first-order valence-corrected chi connectivity index (χ1v) is 11.9. The van der Waals surface area contributed by atoms with Crippen molar-refractivity contribution in [3.05, 3.63) is 47.5 Å². The Hall–Kier alpha value is -2.67. The largest absolute Gasteiger partial charge is 0.478 e. The van der Waals surface area contributed by atoms with E-state index in [-0.39, 0.29) is 66.5 Å². The molecule has 188 valence electrons. The monoisotopic (exact) mass is 504 g/mol. The molecule has 0 aliphatic rings. The number of carbonyl (C=O) groups is 1. The Bertz CT molecular complexity index is 1080. The number of carboxylic acids is 1. The number of ether oxygens (including phenoxy) is 1. The zero-order valence-electron chi connectivity index (χ0n) is 18.7. The van der Waals surface area contributed by atoms with Crippen LogP contribution in [0.3, 0.4) is 0 Å². The highest BCUT2D eigenvalue weighted by Gasteiger charge is 2.31. The summed E-state index contributed by atoms with van der Waals surface area (Å²) in [4.78, 5) is 13.1. The van der Waals surface area contributed by atoms with E-state index in [2.05, 4.69) is 4.72 Å². The van der Waals surface area contributed by atoms with Gasteiger partial charge in [-0.2, -0.15) is 13.2 Å². The van der Waals surface area contributed by atoms with Crippen LogP contribution in [0.25, 0.3) is 11.1 Å². The van der Waals surface area contributed by atoms with E-state index in [4.69, 9.17) is 4.74 Å². The number of sulfonamides is 1. The summed E-state index contributed by atoms with van der Waals surface area (Å²) in [7, 11) is -2.77. The summed E-state index contributed by atoms with van der Waals surface area (Å²) in [6, 6.07) is 6.22. The number of benzene rings is 2. The van der Waals surface area contributed by atoms with Crippen LogP contribution in [-0.4, -0.2) is 64.6 Å². The molecule has 12 heteroatoms. The average Bonchev–Trinajstić information content (AvgIpc) is 2.78. The fourth-order valence-electron chi connectivity index (χ4n) is 3.39. The lowest BCUT2D eigenvalue weighted by molar-refractivity contribution is -0.137. The van der Waals surface area contributed by atoms with Crippen molar-refractivity contribution in [2.75, 3.05) is 44.9 Å². The van der Waals surface area contributed by atoms with Gasteiger partial charge in [-0.3, -0.25) is 0 Å². The number of aliphatic hydroxyl groups is 1. The maximum absolute atomic E-state index is 13.1. The number of aromatic carboxylic acids is 1. The molecule has 0 unspecified atom stereocenters. The van der Waals surface area contributed by atoms with Gasteiger partial charge in [-0.15, -0.1) is 0 Å². The smallest absolute Gasteiger partial charge is 0.416 e. The van der Waals surface area contributed by atoms with Gasteiger partial charge in [0.2, 0.25) is 10.0 Å². The predicted molar refractivity (Wildman–Crippen MR) is 120 cm³/mol. The van der Waals surface area contributed by atoms with E-state index in [0.717, 1.165) is 30.3 Å². The number of nitrogens with one attached hydrogen (secondary N) is 1. The summed E-state index contributed by atoms with van der Waals surface area (Å²) >= 11 is 0. The number of anilines is 1. The van der Waals surface area contributed by atoms with Crippen molar-refractivity contribution < 1.29 is 41.3 Å². The molecule has 0 radical (unpaired) electrons. The van der Waals surface area contributed by atoms with Gasteiger partial charge in [-0.25, -0.2) is 17.9 Å². The number of carboxylic acid groups (broad SMARTS) is 1. The highest BCUT2D eigenvalue weighted by molar-refractivity contribution is 7.89. The number of alkyl halides is 3. The molecule has 3 N–H and O–H groups in total. The first-order valence-electron chi connectivity index (χ1n) is 10.4. The van der Waals surface area contributed by atoms with Gasteiger partial charge in [-0.05, 0) is 36.2 Å². The van der Waals surface area contributed by atoms with Gasteiger partial charge < -0.3 is 19.8 Å². The summed E-state index contributed by atoms with van der Waals surface area (Å²) in [5.74, 6) is -1.37. The molecule has 0 bridgehead atoms. The van der Waals surface area contributed by atoms with E-state index in [1.807, 2.05) is 0 Å². The minimum Gasteiger partial charge on any atom is -0.478 e. The molecule has 2 aromatic carbocycles. The van der Waals surface area contributed by atoms with Crippen molar-refractivity contribution in [2.45, 2.75) is 24.4 Å². The Balaban J connectivity index is 2.89. The number of halogens is 3. The summed E-state index contributed by atoms with van der Waals surface area (Å²) in [6.07, 6.45) is -4.30. The van der Waals surface area contributed by atoms with E-state index in [1.54, 1.807) is 11.8 Å². The molecular weight excluding hydrogens is 477 g/mol. The Morgan fingerprint density at radius 1 is 1.15 bits per heavy atom. The van der Waals surface area contributed by atoms with Crippen LogP contribution in [0, 0.1) is 0 Å². The van der Waals surface area contributed by atoms with Crippen molar-refractivity contribution in [3.63, 3.8) is 0 Å². The van der Waals surface area contributed by atoms with Crippen LogP contribution in [0.15, 0.2) is 41.3 Å². The Labute approximate surface area is 196 Å². The number of methoxy groups -OCH3 is 1. The topological polar surface area (TPSA) is 116 Å². The first-order chi connectivity index (χ1) is 16.0. The average molecular weight is 505 g/mol. The zero-order chi connectivity index (χ0) is 25.5. The van der Waals surface area contributed by atoms with Crippen LogP contribution in [0.1, 0.15) is 29.3 Å². The first kappa shape index (κ1) is 27.6. The molecule has 0 aliphatic carbocycles. The molecule has 0 aromatic heterocycles. The molecule has 0 atom stereocenters. The van der Waals surface area contributed by atoms with Crippen LogP contribution in [0.5, 0.6) is 0 Å². The number of hydrogen-bond acceptors (Lipinski definition) is 6. The molecule has 34 heavy (non-hydrogen) atoms. The molecule has 0 amide bonds. The standard InChI is InChI=1S/C22H27F3N2O6S/c1-3-26-34(31,32)19-14-16(21(29)30)13-18(27(9-4-11-28)10-12-33-2)20(19)15-5-7-17(8-6-15)22(23,24)25/h5-8,13-14,26,28H,3-4,9-12H2,1-2H3,(H,29,30). The normalized spacial score (nSPS) is 12.1. The fourth-order valence-corrected chi connectivity index (χ4v) is 4.69. The lowest BCUT2D eigenvalue weighted by atomic mass is 9.98. The second kappa shape index (κ2) is 11.6. The van der Waals surface area contributed by atoms with Gasteiger partial charge in [0.1, 0.15) is 0 Å². The number of rotatable bonds is 12. The van der Waals surface area contributed by atoms with Crippen molar-refractivity contribution in [3.8, 4) is 11.1 Å². The lowest BCUT2D eigenvalue weighted by Gasteiger charge is -2.29. The maximum Gasteiger partial charge on any atom is 0.416 e. The van der Waals surface area contributed by atoms with E-state index in [9.17, 15) is 36.6 Å². The van der Waals surface area contributed by atoms with Gasteiger partial charge >= 0.3 is 12.1 Å². The molecule has 0 saturated heterocycles. The zero-order valence-corrected chi connectivity index (χ0v) is 19.5. The summed E-state index contributed by atoms with van der Waals surface area (Å²) in [5.41, 5.74) is -0.834. The van der Waals surface area contributed by atoms with Gasteiger partial charge in [0.15, 0.2) is 0 Å². The second-order valence-electron chi connectivity index (χ2n) is 7.31. The van der Waals surface area contributed by atoms with Crippen molar-refractivity contribution in [2.24, 2.45) is 0 Å². The van der Waals surface area contributed by atoms with Crippen LogP contribution < -0.4 is 9.62 Å². The van der Waals surface area contributed by atoms with E-state index < -0.39 is 27.7 Å². The van der Waals surface area contributed by atoms with Crippen molar-refractivity contribution >= 4 is 21.7 Å². The van der Waals surface area contributed by atoms with Gasteiger partial charge in [0.25, 0.3) is 0 Å².